The lowest BCUT2D eigenvalue weighted by atomic mass is 9.97. The summed E-state index contributed by atoms with van der Waals surface area (Å²) < 4.78 is 6.25. The quantitative estimate of drug-likeness (QED) is 0.368. The molecule has 142 valence electrons. The van der Waals surface area contributed by atoms with Crippen LogP contribution in [-0.4, -0.2) is 36.2 Å². The van der Waals surface area contributed by atoms with E-state index in [1.165, 1.54) is 5.56 Å². The van der Waals surface area contributed by atoms with Crippen LogP contribution in [0.15, 0.2) is 38.3 Å². The molecule has 0 amide bonds. The Labute approximate surface area is 164 Å². The fourth-order valence-electron chi connectivity index (χ4n) is 2.71. The van der Waals surface area contributed by atoms with Crippen LogP contribution in [0.4, 0.5) is 0 Å². The van der Waals surface area contributed by atoms with Crippen LogP contribution in [0.1, 0.15) is 37.0 Å². The fraction of sp³-hybridized carbons (Fsp3) is 0.526. The topological polar surface area (TPSA) is 75.3 Å². The highest BCUT2D eigenvalue weighted by molar-refractivity contribution is 9.10. The highest BCUT2D eigenvalue weighted by Crippen LogP contribution is 2.16. The van der Waals surface area contributed by atoms with Crippen LogP contribution in [-0.2, 0) is 12.8 Å². The molecule has 1 heterocycles. The molecule has 0 spiro atoms. The Morgan fingerprint density at radius 1 is 1.35 bits per heavy atom. The summed E-state index contributed by atoms with van der Waals surface area (Å²) in [6.45, 7) is 5.76. The van der Waals surface area contributed by atoms with Gasteiger partial charge in [0.15, 0.2) is 11.8 Å². The fourth-order valence-corrected chi connectivity index (χ4v) is 3.15. The van der Waals surface area contributed by atoms with E-state index in [1.54, 1.807) is 7.05 Å². The first-order valence-corrected chi connectivity index (χ1v) is 9.88. The first-order chi connectivity index (χ1) is 12.6. The molecular formula is C19H28BrN5O. The summed E-state index contributed by atoms with van der Waals surface area (Å²) in [6.07, 6.45) is 3.85. The normalized spacial score (nSPS) is 12.8. The summed E-state index contributed by atoms with van der Waals surface area (Å²) in [5.41, 5.74) is 1.35. The Hall–Kier alpha value is -1.89. The largest absolute Gasteiger partial charge is 0.356 e. The van der Waals surface area contributed by atoms with Gasteiger partial charge in [0.25, 0.3) is 0 Å². The predicted molar refractivity (Wildman–Crippen MR) is 108 cm³/mol. The maximum Gasteiger partial charge on any atom is 0.226 e. The zero-order valence-electron chi connectivity index (χ0n) is 15.8. The minimum atomic E-state index is 0.559. The SMILES string of the molecule is CCC(CNC(=NC)NCCCc1nc(C)no1)Cc1cccc(Br)c1. The van der Waals surface area contributed by atoms with E-state index in [-0.39, 0.29) is 0 Å². The van der Waals surface area contributed by atoms with E-state index in [0.29, 0.717) is 17.6 Å². The maximum absolute atomic E-state index is 5.12. The van der Waals surface area contributed by atoms with Crippen molar-refractivity contribution in [2.75, 3.05) is 20.1 Å². The first kappa shape index (κ1) is 20.4. The number of nitrogens with zero attached hydrogens (tertiary/aromatic N) is 3. The predicted octanol–water partition coefficient (Wildman–Crippen LogP) is 3.51. The second-order valence-corrected chi connectivity index (χ2v) is 7.24. The average Bonchev–Trinajstić information content (AvgIpc) is 3.05. The van der Waals surface area contributed by atoms with Gasteiger partial charge in [-0.3, -0.25) is 4.99 Å². The molecular weight excluding hydrogens is 394 g/mol. The van der Waals surface area contributed by atoms with Crippen molar-refractivity contribution < 1.29 is 4.52 Å². The van der Waals surface area contributed by atoms with Crippen molar-refractivity contribution in [1.82, 2.24) is 20.8 Å². The summed E-state index contributed by atoms with van der Waals surface area (Å²) in [5.74, 6) is 2.76. The van der Waals surface area contributed by atoms with Crippen molar-refractivity contribution in [2.24, 2.45) is 10.9 Å². The number of aliphatic imine (C=N–C) groups is 1. The zero-order chi connectivity index (χ0) is 18.8. The van der Waals surface area contributed by atoms with E-state index >= 15 is 0 Å². The number of nitrogens with one attached hydrogen (secondary N) is 2. The number of hydrogen-bond donors (Lipinski definition) is 2. The Kier molecular flexibility index (Phi) is 8.61. The number of rotatable bonds is 9. The Bertz CT molecular complexity index is 701. The van der Waals surface area contributed by atoms with Crippen molar-refractivity contribution in [3.05, 3.63) is 46.0 Å². The molecule has 0 saturated heterocycles. The molecule has 0 radical (unpaired) electrons. The Balaban J connectivity index is 1.70. The van der Waals surface area contributed by atoms with Gasteiger partial charge in [0.05, 0.1) is 0 Å². The second-order valence-electron chi connectivity index (χ2n) is 6.33. The van der Waals surface area contributed by atoms with E-state index < -0.39 is 0 Å². The molecule has 1 atom stereocenters. The number of hydrogen-bond acceptors (Lipinski definition) is 4. The van der Waals surface area contributed by atoms with Crippen molar-refractivity contribution >= 4 is 21.9 Å². The molecule has 6 nitrogen and oxygen atoms in total. The van der Waals surface area contributed by atoms with Gasteiger partial charge in [0, 0.05) is 31.0 Å². The van der Waals surface area contributed by atoms with Gasteiger partial charge in [-0.15, -0.1) is 0 Å². The van der Waals surface area contributed by atoms with Gasteiger partial charge in [-0.25, -0.2) is 0 Å². The van der Waals surface area contributed by atoms with Crippen LogP contribution in [0.5, 0.6) is 0 Å². The van der Waals surface area contributed by atoms with E-state index in [1.807, 2.05) is 6.92 Å². The van der Waals surface area contributed by atoms with Gasteiger partial charge in [0.1, 0.15) is 0 Å². The molecule has 0 saturated carbocycles. The van der Waals surface area contributed by atoms with Gasteiger partial charge < -0.3 is 15.2 Å². The monoisotopic (exact) mass is 421 g/mol. The molecule has 1 aromatic heterocycles. The molecule has 0 aliphatic carbocycles. The molecule has 26 heavy (non-hydrogen) atoms. The molecule has 7 heteroatoms. The van der Waals surface area contributed by atoms with Crippen molar-refractivity contribution in [3.8, 4) is 0 Å². The Morgan fingerprint density at radius 3 is 2.85 bits per heavy atom. The molecule has 0 fully saturated rings. The number of benzene rings is 1. The van der Waals surface area contributed by atoms with Crippen LogP contribution < -0.4 is 10.6 Å². The highest BCUT2D eigenvalue weighted by atomic mass is 79.9. The lowest BCUT2D eigenvalue weighted by Crippen LogP contribution is -2.40. The van der Waals surface area contributed by atoms with E-state index in [4.69, 9.17) is 4.52 Å². The van der Waals surface area contributed by atoms with Gasteiger partial charge in [-0.2, -0.15) is 4.98 Å². The highest BCUT2D eigenvalue weighted by Gasteiger charge is 2.09. The van der Waals surface area contributed by atoms with Gasteiger partial charge in [-0.1, -0.05) is 46.6 Å². The molecule has 1 aromatic carbocycles. The van der Waals surface area contributed by atoms with Crippen LogP contribution in [0.25, 0.3) is 0 Å². The number of halogens is 1. The minimum Gasteiger partial charge on any atom is -0.356 e. The van der Waals surface area contributed by atoms with E-state index in [2.05, 4.69) is 72.9 Å². The van der Waals surface area contributed by atoms with Crippen molar-refractivity contribution in [3.63, 3.8) is 0 Å². The number of aryl methyl sites for hydroxylation is 2. The van der Waals surface area contributed by atoms with Crippen LogP contribution in [0.2, 0.25) is 0 Å². The first-order valence-electron chi connectivity index (χ1n) is 9.08. The molecule has 2 N–H and O–H groups in total. The summed E-state index contributed by atoms with van der Waals surface area (Å²) in [5, 5.41) is 10.6. The third kappa shape index (κ3) is 7.15. The summed E-state index contributed by atoms with van der Waals surface area (Å²) in [6, 6.07) is 8.52. The smallest absolute Gasteiger partial charge is 0.226 e. The molecule has 1 unspecified atom stereocenters. The average molecular weight is 422 g/mol. The zero-order valence-corrected chi connectivity index (χ0v) is 17.3. The number of aromatic nitrogens is 2. The second kappa shape index (κ2) is 11.0. The summed E-state index contributed by atoms with van der Waals surface area (Å²) in [4.78, 5) is 8.51. The lowest BCUT2D eigenvalue weighted by Gasteiger charge is -2.18. The van der Waals surface area contributed by atoms with Crippen molar-refractivity contribution in [1.29, 1.82) is 0 Å². The molecule has 0 aliphatic heterocycles. The maximum atomic E-state index is 5.12. The lowest BCUT2D eigenvalue weighted by molar-refractivity contribution is 0.372. The summed E-state index contributed by atoms with van der Waals surface area (Å²) in [7, 11) is 1.80. The molecule has 0 aliphatic rings. The molecule has 2 aromatic rings. The van der Waals surface area contributed by atoms with E-state index in [0.717, 1.165) is 49.2 Å². The van der Waals surface area contributed by atoms with Gasteiger partial charge >= 0.3 is 0 Å². The third-order valence-electron chi connectivity index (χ3n) is 4.20. The van der Waals surface area contributed by atoms with Gasteiger partial charge in [-0.05, 0) is 43.4 Å². The molecule has 0 bridgehead atoms. The standard InChI is InChI=1S/C19H28BrN5O/c1-4-15(11-16-7-5-8-17(20)12-16)13-23-19(21-3)22-10-6-9-18-24-14(2)25-26-18/h5,7-8,12,15H,4,6,9-11,13H2,1-3H3,(H2,21,22,23). The van der Waals surface area contributed by atoms with Crippen molar-refractivity contribution in [2.45, 2.75) is 39.5 Å². The van der Waals surface area contributed by atoms with Crippen LogP contribution >= 0.6 is 15.9 Å². The van der Waals surface area contributed by atoms with Crippen LogP contribution in [0, 0.1) is 12.8 Å². The molecule has 2 rings (SSSR count). The minimum absolute atomic E-state index is 0.559. The third-order valence-corrected chi connectivity index (χ3v) is 4.70. The summed E-state index contributed by atoms with van der Waals surface area (Å²) >= 11 is 3.54. The van der Waals surface area contributed by atoms with Crippen LogP contribution in [0.3, 0.4) is 0 Å². The number of guanidine groups is 1. The van der Waals surface area contributed by atoms with Gasteiger partial charge in [0.2, 0.25) is 5.89 Å². The van der Waals surface area contributed by atoms with E-state index in [9.17, 15) is 0 Å². The Morgan fingerprint density at radius 2 is 2.19 bits per heavy atom.